The van der Waals surface area contributed by atoms with Crippen molar-refractivity contribution in [1.29, 1.82) is 0 Å². The number of nitrogens with one attached hydrogen (secondary N) is 2. The molecule has 17 heavy (non-hydrogen) atoms. The molecule has 0 aromatic rings. The summed E-state index contributed by atoms with van der Waals surface area (Å²) in [4.78, 5) is 11.9. The van der Waals surface area contributed by atoms with Crippen molar-refractivity contribution in [2.45, 2.75) is 32.1 Å². The van der Waals surface area contributed by atoms with Crippen molar-refractivity contribution >= 4 is 5.91 Å². The first-order valence-electron chi connectivity index (χ1n) is 6.92. The van der Waals surface area contributed by atoms with Crippen molar-refractivity contribution < 1.29 is 9.53 Å². The highest BCUT2D eigenvalue weighted by molar-refractivity contribution is 5.78. The molecule has 0 saturated carbocycles. The van der Waals surface area contributed by atoms with Crippen LogP contribution < -0.4 is 10.6 Å². The third-order valence-corrected chi connectivity index (χ3v) is 3.90. The monoisotopic (exact) mass is 240 g/mol. The van der Waals surface area contributed by atoms with E-state index < -0.39 is 0 Å². The van der Waals surface area contributed by atoms with E-state index in [0.717, 1.165) is 70.9 Å². The second kappa shape index (κ2) is 6.97. The molecule has 0 spiro atoms. The van der Waals surface area contributed by atoms with Gasteiger partial charge in [-0.3, -0.25) is 4.79 Å². The number of hydrogen-bond donors (Lipinski definition) is 2. The fourth-order valence-corrected chi connectivity index (χ4v) is 2.66. The van der Waals surface area contributed by atoms with Gasteiger partial charge in [0.1, 0.15) is 0 Å². The number of hydrogen-bond acceptors (Lipinski definition) is 3. The highest BCUT2D eigenvalue weighted by Crippen LogP contribution is 2.18. The van der Waals surface area contributed by atoms with Gasteiger partial charge in [0, 0.05) is 25.7 Å². The molecular formula is C13H24N2O2. The van der Waals surface area contributed by atoms with Crippen LogP contribution in [0.25, 0.3) is 0 Å². The number of piperidine rings is 1. The zero-order valence-electron chi connectivity index (χ0n) is 10.5. The lowest BCUT2D eigenvalue weighted by Gasteiger charge is -2.24. The van der Waals surface area contributed by atoms with Crippen LogP contribution >= 0.6 is 0 Å². The molecule has 2 aliphatic rings. The summed E-state index contributed by atoms with van der Waals surface area (Å²) in [5.74, 6) is 1.25. The Kier molecular flexibility index (Phi) is 5.26. The average Bonchev–Trinajstić information content (AvgIpc) is 2.41. The van der Waals surface area contributed by atoms with Gasteiger partial charge in [-0.15, -0.1) is 0 Å². The molecule has 2 saturated heterocycles. The molecule has 2 fully saturated rings. The molecule has 2 heterocycles. The number of carbonyl (C=O) groups is 1. The maximum absolute atomic E-state index is 11.9. The summed E-state index contributed by atoms with van der Waals surface area (Å²) in [6.07, 6.45) is 5.40. The molecule has 98 valence electrons. The van der Waals surface area contributed by atoms with Crippen molar-refractivity contribution in [1.82, 2.24) is 10.6 Å². The Morgan fingerprint density at radius 2 is 1.88 bits per heavy atom. The zero-order valence-corrected chi connectivity index (χ0v) is 10.5. The predicted molar refractivity (Wildman–Crippen MR) is 66.8 cm³/mol. The number of rotatable bonds is 4. The van der Waals surface area contributed by atoms with Gasteiger partial charge in [-0.25, -0.2) is 0 Å². The van der Waals surface area contributed by atoms with Gasteiger partial charge < -0.3 is 15.4 Å². The van der Waals surface area contributed by atoms with Crippen LogP contribution in [0.2, 0.25) is 0 Å². The predicted octanol–water partition coefficient (Wildman–Crippen LogP) is 0.919. The molecule has 2 N–H and O–H groups in total. The third-order valence-electron chi connectivity index (χ3n) is 3.90. The quantitative estimate of drug-likeness (QED) is 0.768. The largest absolute Gasteiger partial charge is 0.381 e. The van der Waals surface area contributed by atoms with E-state index in [1.165, 1.54) is 0 Å². The second-order valence-electron chi connectivity index (χ2n) is 5.16. The molecule has 2 rings (SSSR count). The highest BCUT2D eigenvalue weighted by atomic mass is 16.5. The van der Waals surface area contributed by atoms with E-state index in [9.17, 15) is 4.79 Å². The Labute approximate surface area is 103 Å². The van der Waals surface area contributed by atoms with Crippen LogP contribution in [0.4, 0.5) is 0 Å². The van der Waals surface area contributed by atoms with Crippen molar-refractivity contribution in [2.24, 2.45) is 11.8 Å². The van der Waals surface area contributed by atoms with E-state index in [2.05, 4.69) is 10.6 Å². The molecular weight excluding hydrogens is 216 g/mol. The van der Waals surface area contributed by atoms with Gasteiger partial charge in [0.25, 0.3) is 0 Å². The Balaban J connectivity index is 1.58. The summed E-state index contributed by atoms with van der Waals surface area (Å²) in [6.45, 7) is 4.60. The Hall–Kier alpha value is -0.610. The molecule has 0 unspecified atom stereocenters. The Bertz CT molecular complexity index is 234. The van der Waals surface area contributed by atoms with Gasteiger partial charge in [-0.2, -0.15) is 0 Å². The summed E-state index contributed by atoms with van der Waals surface area (Å²) in [6, 6.07) is 0. The zero-order chi connectivity index (χ0) is 11.9. The van der Waals surface area contributed by atoms with Crippen LogP contribution in [0, 0.1) is 11.8 Å². The summed E-state index contributed by atoms with van der Waals surface area (Å²) in [5, 5.41) is 6.38. The van der Waals surface area contributed by atoms with E-state index in [4.69, 9.17) is 4.74 Å². The van der Waals surface area contributed by atoms with Crippen molar-refractivity contribution in [3.8, 4) is 0 Å². The van der Waals surface area contributed by atoms with Crippen molar-refractivity contribution in [2.75, 3.05) is 32.8 Å². The normalized spacial score (nSPS) is 23.5. The van der Waals surface area contributed by atoms with Gasteiger partial charge in [-0.05, 0) is 51.1 Å². The topological polar surface area (TPSA) is 50.4 Å². The van der Waals surface area contributed by atoms with E-state index >= 15 is 0 Å². The molecule has 1 amide bonds. The number of amides is 1. The summed E-state index contributed by atoms with van der Waals surface area (Å²) < 4.78 is 5.33. The lowest BCUT2D eigenvalue weighted by molar-refractivity contribution is -0.125. The fraction of sp³-hybridized carbons (Fsp3) is 0.923. The van der Waals surface area contributed by atoms with Gasteiger partial charge in [-0.1, -0.05) is 0 Å². The van der Waals surface area contributed by atoms with E-state index in [1.807, 2.05) is 0 Å². The molecule has 4 nitrogen and oxygen atoms in total. The Morgan fingerprint density at radius 1 is 1.18 bits per heavy atom. The minimum absolute atomic E-state index is 0.242. The maximum atomic E-state index is 11.9. The molecule has 0 radical (unpaired) electrons. The van der Waals surface area contributed by atoms with Crippen LogP contribution in [-0.2, 0) is 9.53 Å². The van der Waals surface area contributed by atoms with Gasteiger partial charge >= 0.3 is 0 Å². The van der Waals surface area contributed by atoms with Crippen molar-refractivity contribution in [3.05, 3.63) is 0 Å². The fourth-order valence-electron chi connectivity index (χ4n) is 2.66. The average molecular weight is 240 g/mol. The van der Waals surface area contributed by atoms with Crippen LogP contribution in [-0.4, -0.2) is 38.8 Å². The standard InChI is InChI=1S/C13H24N2O2/c16-13(12-2-6-14-7-3-12)15-8-1-11-4-9-17-10-5-11/h11-12,14H,1-10H2,(H,15,16). The number of ether oxygens (including phenoxy) is 1. The third kappa shape index (κ3) is 4.28. The van der Waals surface area contributed by atoms with E-state index in [-0.39, 0.29) is 11.8 Å². The van der Waals surface area contributed by atoms with Crippen LogP contribution in [0.3, 0.4) is 0 Å². The van der Waals surface area contributed by atoms with Gasteiger partial charge in [0.05, 0.1) is 0 Å². The minimum Gasteiger partial charge on any atom is -0.381 e. The van der Waals surface area contributed by atoms with Crippen molar-refractivity contribution in [3.63, 3.8) is 0 Å². The SMILES string of the molecule is O=C(NCCC1CCOCC1)C1CCNCC1. The minimum atomic E-state index is 0.242. The Morgan fingerprint density at radius 3 is 2.59 bits per heavy atom. The molecule has 0 aromatic heterocycles. The lowest BCUT2D eigenvalue weighted by Crippen LogP contribution is -2.38. The van der Waals surface area contributed by atoms with Crippen LogP contribution in [0.1, 0.15) is 32.1 Å². The van der Waals surface area contributed by atoms with E-state index in [0.29, 0.717) is 0 Å². The maximum Gasteiger partial charge on any atom is 0.223 e. The molecule has 2 aliphatic heterocycles. The molecule has 0 atom stereocenters. The molecule has 0 aromatic carbocycles. The second-order valence-corrected chi connectivity index (χ2v) is 5.16. The van der Waals surface area contributed by atoms with Crippen LogP contribution in [0.15, 0.2) is 0 Å². The first kappa shape index (κ1) is 12.8. The van der Waals surface area contributed by atoms with Crippen LogP contribution in [0.5, 0.6) is 0 Å². The van der Waals surface area contributed by atoms with Gasteiger partial charge in [0.2, 0.25) is 5.91 Å². The highest BCUT2D eigenvalue weighted by Gasteiger charge is 2.21. The first-order chi connectivity index (χ1) is 8.36. The lowest BCUT2D eigenvalue weighted by atomic mass is 9.95. The summed E-state index contributed by atoms with van der Waals surface area (Å²) in [7, 11) is 0. The number of carbonyl (C=O) groups excluding carboxylic acids is 1. The molecule has 0 aliphatic carbocycles. The summed E-state index contributed by atoms with van der Waals surface area (Å²) >= 11 is 0. The smallest absolute Gasteiger partial charge is 0.223 e. The molecule has 4 heteroatoms. The van der Waals surface area contributed by atoms with E-state index in [1.54, 1.807) is 0 Å². The summed E-state index contributed by atoms with van der Waals surface area (Å²) in [5.41, 5.74) is 0. The first-order valence-corrected chi connectivity index (χ1v) is 6.92. The molecule has 0 bridgehead atoms. The van der Waals surface area contributed by atoms with Gasteiger partial charge in [0.15, 0.2) is 0 Å².